The lowest BCUT2D eigenvalue weighted by Gasteiger charge is -2.11. The Balaban J connectivity index is 1.96. The van der Waals surface area contributed by atoms with E-state index in [9.17, 15) is 14.4 Å². The number of nitrogens with zero attached hydrogens (tertiary/aromatic N) is 3. The summed E-state index contributed by atoms with van der Waals surface area (Å²) >= 11 is 0. The Morgan fingerprint density at radius 3 is 2.47 bits per heavy atom. The summed E-state index contributed by atoms with van der Waals surface area (Å²) in [7, 11) is 0. The Labute approximate surface area is 171 Å². The van der Waals surface area contributed by atoms with E-state index < -0.39 is 11.9 Å². The van der Waals surface area contributed by atoms with E-state index in [1.807, 2.05) is 0 Å². The van der Waals surface area contributed by atoms with Crippen LogP contribution in [0, 0.1) is 11.3 Å². The molecule has 0 bridgehead atoms. The first-order chi connectivity index (χ1) is 14.6. The van der Waals surface area contributed by atoms with Gasteiger partial charge < -0.3 is 10.2 Å². The lowest BCUT2D eigenvalue weighted by molar-refractivity contribution is -0.138. The summed E-state index contributed by atoms with van der Waals surface area (Å²) in [5.41, 5.74) is 4.56. The van der Waals surface area contributed by atoms with Crippen LogP contribution in [0.4, 0.5) is 0 Å². The van der Waals surface area contributed by atoms with Gasteiger partial charge in [-0.25, -0.2) is 4.79 Å². The summed E-state index contributed by atoms with van der Waals surface area (Å²) in [5, 5.41) is 13.9. The van der Waals surface area contributed by atoms with E-state index in [2.05, 4.69) is 16.0 Å². The Morgan fingerprint density at radius 2 is 1.80 bits per heavy atom. The van der Waals surface area contributed by atoms with Gasteiger partial charge in [-0.05, 0) is 25.1 Å². The molecule has 2 N–H and O–H groups in total. The third-order valence-electron chi connectivity index (χ3n) is 4.04. The van der Waals surface area contributed by atoms with Gasteiger partial charge in [0.15, 0.2) is 11.3 Å². The fraction of sp³-hybridized carbons (Fsp3) is 0.0952. The number of hydrogen-bond acceptors (Lipinski definition) is 7. The molecule has 2 aromatic carbocycles. The fourth-order valence-corrected chi connectivity index (χ4v) is 2.68. The standard InChI is InChI=1S/C21H17N5O4/c1-2-30-21(29)14(12-22)13-23-24-19(27)18-16-10-6-7-11-17(16)20(28)26(25-18)15-8-4-3-5-9-15/h3-11,13,23H,2H2,1H3,(H,24,27)/b14-13+. The summed E-state index contributed by atoms with van der Waals surface area (Å²) in [4.78, 5) is 37.2. The number of nitrogens with one attached hydrogen (secondary N) is 2. The van der Waals surface area contributed by atoms with Crippen LogP contribution in [0.3, 0.4) is 0 Å². The molecule has 9 heteroatoms. The molecule has 0 saturated carbocycles. The zero-order valence-corrected chi connectivity index (χ0v) is 16.0. The van der Waals surface area contributed by atoms with Gasteiger partial charge in [-0.2, -0.15) is 15.0 Å². The molecule has 3 aromatic rings. The zero-order chi connectivity index (χ0) is 21.5. The van der Waals surface area contributed by atoms with E-state index in [0.29, 0.717) is 16.5 Å². The predicted molar refractivity (Wildman–Crippen MR) is 108 cm³/mol. The van der Waals surface area contributed by atoms with Crippen molar-refractivity contribution in [3.63, 3.8) is 0 Å². The van der Waals surface area contributed by atoms with Crippen molar-refractivity contribution in [3.05, 3.63) is 82.4 Å². The van der Waals surface area contributed by atoms with E-state index in [1.54, 1.807) is 67.6 Å². The molecule has 0 radical (unpaired) electrons. The summed E-state index contributed by atoms with van der Waals surface area (Å²) in [5.74, 6) is -1.48. The number of esters is 1. The van der Waals surface area contributed by atoms with Crippen molar-refractivity contribution in [2.45, 2.75) is 6.92 Å². The monoisotopic (exact) mass is 403 g/mol. The van der Waals surface area contributed by atoms with Gasteiger partial charge in [0.25, 0.3) is 11.5 Å². The van der Waals surface area contributed by atoms with Gasteiger partial charge in [-0.15, -0.1) is 0 Å². The number of fused-ring (bicyclic) bond motifs is 1. The number of hydrazine groups is 1. The molecular formula is C21H17N5O4. The maximum Gasteiger partial charge on any atom is 0.350 e. The highest BCUT2D eigenvalue weighted by atomic mass is 16.5. The van der Waals surface area contributed by atoms with E-state index in [4.69, 9.17) is 10.00 Å². The average Bonchev–Trinajstić information content (AvgIpc) is 2.77. The molecule has 0 saturated heterocycles. The number of carbonyl (C=O) groups is 2. The van der Waals surface area contributed by atoms with Crippen LogP contribution < -0.4 is 16.4 Å². The molecule has 1 heterocycles. The molecule has 150 valence electrons. The average molecular weight is 403 g/mol. The summed E-state index contributed by atoms with van der Waals surface area (Å²) in [6.45, 7) is 1.72. The van der Waals surface area contributed by atoms with Crippen molar-refractivity contribution in [3.8, 4) is 11.8 Å². The van der Waals surface area contributed by atoms with E-state index in [1.165, 1.54) is 0 Å². The van der Waals surface area contributed by atoms with Gasteiger partial charge in [0.05, 0.1) is 17.7 Å². The second-order valence-electron chi connectivity index (χ2n) is 5.94. The van der Waals surface area contributed by atoms with Crippen LogP contribution >= 0.6 is 0 Å². The number of rotatable bonds is 6. The van der Waals surface area contributed by atoms with Crippen LogP contribution in [0.15, 0.2) is 71.2 Å². The Bertz CT molecular complexity index is 1230. The highest BCUT2D eigenvalue weighted by Gasteiger charge is 2.17. The molecule has 0 aliphatic heterocycles. The van der Waals surface area contributed by atoms with E-state index >= 15 is 0 Å². The van der Waals surface area contributed by atoms with Crippen molar-refractivity contribution in [1.82, 2.24) is 20.6 Å². The van der Waals surface area contributed by atoms with Crippen molar-refractivity contribution >= 4 is 22.6 Å². The molecule has 1 aromatic heterocycles. The second-order valence-corrected chi connectivity index (χ2v) is 5.94. The van der Waals surface area contributed by atoms with Gasteiger partial charge in [0.2, 0.25) is 0 Å². The molecule has 9 nitrogen and oxygen atoms in total. The largest absolute Gasteiger partial charge is 0.462 e. The lowest BCUT2D eigenvalue weighted by Crippen LogP contribution is -2.36. The maximum absolute atomic E-state index is 12.8. The van der Waals surface area contributed by atoms with Crippen LogP contribution in [-0.2, 0) is 9.53 Å². The number of ether oxygens (including phenoxy) is 1. The smallest absolute Gasteiger partial charge is 0.350 e. The molecule has 0 unspecified atom stereocenters. The fourth-order valence-electron chi connectivity index (χ4n) is 2.68. The van der Waals surface area contributed by atoms with Crippen LogP contribution in [0.1, 0.15) is 17.4 Å². The highest BCUT2D eigenvalue weighted by Crippen LogP contribution is 2.15. The molecule has 0 spiro atoms. The summed E-state index contributed by atoms with van der Waals surface area (Å²) < 4.78 is 5.89. The Kier molecular flexibility index (Phi) is 6.20. The quantitative estimate of drug-likeness (QED) is 0.277. The molecule has 0 atom stereocenters. The normalized spacial score (nSPS) is 10.9. The Hall–Kier alpha value is -4.45. The predicted octanol–water partition coefficient (Wildman–Crippen LogP) is 1.59. The zero-order valence-electron chi connectivity index (χ0n) is 16.0. The number of carbonyl (C=O) groups excluding carboxylic acids is 2. The van der Waals surface area contributed by atoms with Gasteiger partial charge in [0, 0.05) is 11.6 Å². The summed E-state index contributed by atoms with van der Waals surface area (Å²) in [6.07, 6.45) is 1.02. The second kappa shape index (κ2) is 9.16. The van der Waals surface area contributed by atoms with Gasteiger partial charge >= 0.3 is 5.97 Å². The van der Waals surface area contributed by atoms with Crippen molar-refractivity contribution in [2.75, 3.05) is 6.61 Å². The molecule has 1 amide bonds. The third-order valence-corrected chi connectivity index (χ3v) is 4.04. The third kappa shape index (κ3) is 4.18. The molecule has 30 heavy (non-hydrogen) atoms. The molecular weight excluding hydrogens is 386 g/mol. The topological polar surface area (TPSA) is 126 Å². The SMILES string of the molecule is CCOC(=O)/C(C#N)=C/NNC(=O)c1nn(-c2ccccc2)c(=O)c2ccccc12. The lowest BCUT2D eigenvalue weighted by atomic mass is 10.1. The van der Waals surface area contributed by atoms with Gasteiger partial charge in [-0.1, -0.05) is 36.4 Å². The number of para-hydroxylation sites is 1. The maximum atomic E-state index is 12.8. The number of benzene rings is 2. The van der Waals surface area contributed by atoms with E-state index in [-0.39, 0.29) is 23.4 Å². The molecule has 0 aliphatic carbocycles. The first-order valence-electron chi connectivity index (χ1n) is 8.97. The molecule has 0 aliphatic rings. The minimum atomic E-state index is -0.817. The summed E-state index contributed by atoms with van der Waals surface area (Å²) in [6, 6.07) is 17.0. The number of amides is 1. The Morgan fingerprint density at radius 1 is 1.13 bits per heavy atom. The van der Waals surface area contributed by atoms with Gasteiger partial charge in [0.1, 0.15) is 6.07 Å². The minimum absolute atomic E-state index is 0.00963. The van der Waals surface area contributed by atoms with Gasteiger partial charge in [-0.3, -0.25) is 15.0 Å². The number of nitriles is 1. The minimum Gasteiger partial charge on any atom is -0.462 e. The first kappa shape index (κ1) is 20.3. The highest BCUT2D eigenvalue weighted by molar-refractivity contribution is 6.04. The van der Waals surface area contributed by atoms with E-state index in [0.717, 1.165) is 10.9 Å². The van der Waals surface area contributed by atoms with Crippen LogP contribution in [0.5, 0.6) is 0 Å². The molecule has 3 rings (SSSR count). The van der Waals surface area contributed by atoms with Crippen LogP contribution in [-0.4, -0.2) is 28.3 Å². The van der Waals surface area contributed by atoms with Crippen molar-refractivity contribution in [2.24, 2.45) is 0 Å². The van der Waals surface area contributed by atoms with Crippen molar-refractivity contribution in [1.29, 1.82) is 5.26 Å². The number of aromatic nitrogens is 2. The van der Waals surface area contributed by atoms with Crippen molar-refractivity contribution < 1.29 is 14.3 Å². The first-order valence-corrected chi connectivity index (χ1v) is 8.97. The molecule has 0 fully saturated rings. The number of hydrogen-bond donors (Lipinski definition) is 2. The van der Waals surface area contributed by atoms with Crippen LogP contribution in [0.25, 0.3) is 16.5 Å². The van der Waals surface area contributed by atoms with Crippen LogP contribution in [0.2, 0.25) is 0 Å².